The summed E-state index contributed by atoms with van der Waals surface area (Å²) >= 11 is 0. The predicted molar refractivity (Wildman–Crippen MR) is 31.5 cm³/mol. The lowest BCUT2D eigenvalue weighted by molar-refractivity contribution is -0.279. The molecule has 8 heteroatoms. The highest BCUT2D eigenvalue weighted by molar-refractivity contribution is 5.68. The Morgan fingerprint density at radius 3 is 2.00 bits per heavy atom. The standard InChI is InChI=1S/C5H6F5NO2/c6-4(7,5(8,9)10)2-11-1-3(12)13/h11H,1-2H2,(H,12,13). The molecule has 0 heterocycles. The average molecular weight is 207 g/mol. The molecule has 3 nitrogen and oxygen atoms in total. The van der Waals surface area contributed by atoms with Crippen molar-refractivity contribution in [1.82, 2.24) is 5.32 Å². The maximum Gasteiger partial charge on any atom is 0.454 e. The number of carboxylic acid groups (broad SMARTS) is 1. The zero-order chi connectivity index (χ0) is 10.7. The second-order valence-electron chi connectivity index (χ2n) is 2.20. The topological polar surface area (TPSA) is 49.3 Å². The van der Waals surface area contributed by atoms with Gasteiger partial charge in [0.15, 0.2) is 0 Å². The van der Waals surface area contributed by atoms with Crippen molar-refractivity contribution in [2.24, 2.45) is 0 Å². The van der Waals surface area contributed by atoms with Gasteiger partial charge in [-0.25, -0.2) is 0 Å². The lowest BCUT2D eigenvalue weighted by Gasteiger charge is -2.19. The molecule has 0 saturated heterocycles. The lowest BCUT2D eigenvalue weighted by atomic mass is 10.3. The van der Waals surface area contributed by atoms with Crippen LogP contribution in [0.3, 0.4) is 0 Å². The van der Waals surface area contributed by atoms with Gasteiger partial charge in [0.05, 0.1) is 13.1 Å². The van der Waals surface area contributed by atoms with Gasteiger partial charge in [0, 0.05) is 0 Å². The molecule has 0 aromatic carbocycles. The Hall–Kier alpha value is -0.920. The van der Waals surface area contributed by atoms with E-state index in [1.807, 2.05) is 0 Å². The molecule has 0 aromatic rings. The minimum Gasteiger partial charge on any atom is -0.480 e. The van der Waals surface area contributed by atoms with E-state index < -0.39 is 31.2 Å². The van der Waals surface area contributed by atoms with E-state index in [4.69, 9.17) is 5.11 Å². The van der Waals surface area contributed by atoms with E-state index in [9.17, 15) is 26.7 Å². The first-order chi connectivity index (χ1) is 5.67. The molecule has 0 amide bonds. The summed E-state index contributed by atoms with van der Waals surface area (Å²) in [7, 11) is 0. The zero-order valence-corrected chi connectivity index (χ0v) is 6.16. The number of alkyl halides is 5. The first-order valence-corrected chi connectivity index (χ1v) is 3.04. The molecular weight excluding hydrogens is 201 g/mol. The molecule has 0 aromatic heterocycles. The van der Waals surface area contributed by atoms with Crippen molar-refractivity contribution in [2.75, 3.05) is 13.1 Å². The van der Waals surface area contributed by atoms with Gasteiger partial charge in [-0.3, -0.25) is 4.79 Å². The summed E-state index contributed by atoms with van der Waals surface area (Å²) in [5, 5.41) is 9.39. The molecule has 0 aliphatic rings. The molecule has 0 atom stereocenters. The van der Waals surface area contributed by atoms with Crippen molar-refractivity contribution < 1.29 is 31.9 Å². The summed E-state index contributed by atoms with van der Waals surface area (Å²) in [6.07, 6.45) is -5.65. The van der Waals surface area contributed by atoms with Crippen molar-refractivity contribution in [2.45, 2.75) is 12.1 Å². The van der Waals surface area contributed by atoms with Crippen molar-refractivity contribution in [3.63, 3.8) is 0 Å². The van der Waals surface area contributed by atoms with Gasteiger partial charge in [-0.2, -0.15) is 22.0 Å². The Bertz CT molecular complexity index is 190. The average Bonchev–Trinajstić information content (AvgIpc) is 1.82. The number of nitrogens with one attached hydrogen (secondary N) is 1. The lowest BCUT2D eigenvalue weighted by Crippen LogP contribution is -2.46. The molecule has 0 spiro atoms. The van der Waals surface area contributed by atoms with Crippen LogP contribution >= 0.6 is 0 Å². The quantitative estimate of drug-likeness (QED) is 0.672. The Morgan fingerprint density at radius 2 is 1.69 bits per heavy atom. The van der Waals surface area contributed by atoms with Gasteiger partial charge in [0.1, 0.15) is 0 Å². The number of aliphatic carboxylic acids is 1. The van der Waals surface area contributed by atoms with Crippen LogP contribution in [0.4, 0.5) is 22.0 Å². The minimum atomic E-state index is -5.65. The molecule has 0 radical (unpaired) electrons. The fourth-order valence-corrected chi connectivity index (χ4v) is 0.427. The summed E-state index contributed by atoms with van der Waals surface area (Å²) < 4.78 is 58.3. The Labute approximate surface area is 69.5 Å². The second-order valence-corrected chi connectivity index (χ2v) is 2.20. The molecular formula is C5H6F5NO2. The van der Waals surface area contributed by atoms with E-state index in [0.29, 0.717) is 0 Å². The van der Waals surface area contributed by atoms with Crippen LogP contribution in [0.1, 0.15) is 0 Å². The number of carboxylic acids is 1. The van der Waals surface area contributed by atoms with Crippen LogP contribution in [0.25, 0.3) is 0 Å². The molecule has 0 saturated carbocycles. The minimum absolute atomic E-state index is 0.939. The first kappa shape index (κ1) is 12.1. The predicted octanol–water partition coefficient (Wildman–Crippen LogP) is 0.858. The summed E-state index contributed by atoms with van der Waals surface area (Å²) in [6.45, 7) is -2.67. The molecule has 78 valence electrons. The highest BCUT2D eigenvalue weighted by Crippen LogP contribution is 2.34. The van der Waals surface area contributed by atoms with E-state index >= 15 is 0 Å². The number of hydrogen-bond acceptors (Lipinski definition) is 2. The van der Waals surface area contributed by atoms with Crippen LogP contribution < -0.4 is 5.32 Å². The maximum absolute atomic E-state index is 12.0. The maximum atomic E-state index is 12.0. The summed E-state index contributed by atoms with van der Waals surface area (Å²) in [5.41, 5.74) is 0. The molecule has 0 fully saturated rings. The van der Waals surface area contributed by atoms with E-state index in [1.54, 1.807) is 0 Å². The van der Waals surface area contributed by atoms with Gasteiger partial charge in [-0.15, -0.1) is 0 Å². The Balaban J connectivity index is 3.97. The highest BCUT2D eigenvalue weighted by atomic mass is 19.4. The Kier molecular flexibility index (Phi) is 3.59. The zero-order valence-electron chi connectivity index (χ0n) is 6.16. The third-order valence-corrected chi connectivity index (χ3v) is 1.04. The molecule has 13 heavy (non-hydrogen) atoms. The number of hydrogen-bond donors (Lipinski definition) is 2. The van der Waals surface area contributed by atoms with Gasteiger partial charge >= 0.3 is 18.1 Å². The van der Waals surface area contributed by atoms with E-state index in [1.165, 1.54) is 5.32 Å². The van der Waals surface area contributed by atoms with Crippen molar-refractivity contribution >= 4 is 5.97 Å². The smallest absolute Gasteiger partial charge is 0.454 e. The third kappa shape index (κ3) is 4.02. The van der Waals surface area contributed by atoms with Gasteiger partial charge in [-0.1, -0.05) is 0 Å². The molecule has 0 bridgehead atoms. The monoisotopic (exact) mass is 207 g/mol. The van der Waals surface area contributed by atoms with Gasteiger partial charge < -0.3 is 10.4 Å². The molecule has 0 unspecified atom stereocenters. The van der Waals surface area contributed by atoms with Crippen LogP contribution in [0, 0.1) is 0 Å². The largest absolute Gasteiger partial charge is 0.480 e. The van der Waals surface area contributed by atoms with E-state index in [0.717, 1.165) is 0 Å². The van der Waals surface area contributed by atoms with E-state index in [2.05, 4.69) is 0 Å². The third-order valence-electron chi connectivity index (χ3n) is 1.04. The van der Waals surface area contributed by atoms with Crippen molar-refractivity contribution in [1.29, 1.82) is 0 Å². The SMILES string of the molecule is O=C(O)CNCC(F)(F)C(F)(F)F. The normalized spacial score (nSPS) is 13.0. The van der Waals surface area contributed by atoms with Gasteiger partial charge in [0.25, 0.3) is 0 Å². The molecule has 0 rings (SSSR count). The molecule has 2 N–H and O–H groups in total. The first-order valence-electron chi connectivity index (χ1n) is 3.04. The summed E-state index contributed by atoms with van der Waals surface area (Å²) in [6, 6.07) is 0. The van der Waals surface area contributed by atoms with Crippen LogP contribution in [-0.4, -0.2) is 36.3 Å². The fourth-order valence-electron chi connectivity index (χ4n) is 0.427. The highest BCUT2D eigenvalue weighted by Gasteiger charge is 2.56. The molecule has 0 aliphatic heterocycles. The Morgan fingerprint density at radius 1 is 1.23 bits per heavy atom. The van der Waals surface area contributed by atoms with Crippen LogP contribution in [-0.2, 0) is 4.79 Å². The van der Waals surface area contributed by atoms with Crippen LogP contribution in [0.5, 0.6) is 0 Å². The number of rotatable bonds is 4. The summed E-state index contributed by atoms with van der Waals surface area (Å²) in [4.78, 5) is 9.75. The molecule has 0 aliphatic carbocycles. The van der Waals surface area contributed by atoms with Gasteiger partial charge in [0.2, 0.25) is 0 Å². The van der Waals surface area contributed by atoms with E-state index in [-0.39, 0.29) is 0 Å². The fraction of sp³-hybridized carbons (Fsp3) is 0.800. The van der Waals surface area contributed by atoms with Crippen LogP contribution in [0.2, 0.25) is 0 Å². The van der Waals surface area contributed by atoms with Crippen molar-refractivity contribution in [3.8, 4) is 0 Å². The van der Waals surface area contributed by atoms with Crippen LogP contribution in [0.15, 0.2) is 0 Å². The van der Waals surface area contributed by atoms with Gasteiger partial charge in [-0.05, 0) is 0 Å². The summed E-state index contributed by atoms with van der Waals surface area (Å²) in [5.74, 6) is -6.40. The number of halogens is 5. The van der Waals surface area contributed by atoms with Crippen molar-refractivity contribution in [3.05, 3.63) is 0 Å². The second kappa shape index (κ2) is 3.86. The number of carbonyl (C=O) groups is 1.